The number of carbonyl (C=O) groups is 2. The standard InChI is InChI=1S/C22H18N8O4S/c23-29-20(14-3-5-17(6-4-14)26-21(32)15-2-1-11-24-12-15)27-28-22(29)35-13-19(31)25-16-7-9-18(10-8-16)30(33)34/h1-12H,13,23H2,(H,25,31)(H,26,32). The summed E-state index contributed by atoms with van der Waals surface area (Å²) in [4.78, 5) is 38.6. The van der Waals surface area contributed by atoms with Gasteiger partial charge in [-0.1, -0.05) is 11.8 Å². The molecule has 0 unspecified atom stereocenters. The molecule has 0 aliphatic heterocycles. The SMILES string of the molecule is Nn1c(SCC(=O)Nc2ccc([N+](=O)[O-])cc2)nnc1-c1ccc(NC(=O)c2cccnc2)cc1. The highest BCUT2D eigenvalue weighted by molar-refractivity contribution is 7.99. The van der Waals surface area contributed by atoms with E-state index in [2.05, 4.69) is 25.8 Å². The molecule has 0 saturated heterocycles. The molecule has 176 valence electrons. The number of rotatable bonds is 8. The zero-order valence-electron chi connectivity index (χ0n) is 18.0. The van der Waals surface area contributed by atoms with Gasteiger partial charge in [0.05, 0.1) is 16.2 Å². The van der Waals surface area contributed by atoms with Gasteiger partial charge < -0.3 is 16.5 Å². The van der Waals surface area contributed by atoms with Crippen LogP contribution in [0.4, 0.5) is 17.1 Å². The highest BCUT2D eigenvalue weighted by atomic mass is 32.2. The molecule has 0 radical (unpaired) electrons. The van der Waals surface area contributed by atoms with Crippen LogP contribution in [0, 0.1) is 10.1 Å². The molecular formula is C22H18N8O4S. The van der Waals surface area contributed by atoms with Crippen LogP contribution in [0.5, 0.6) is 0 Å². The molecule has 0 spiro atoms. The van der Waals surface area contributed by atoms with Gasteiger partial charge in [-0.05, 0) is 48.5 Å². The van der Waals surface area contributed by atoms with Crippen molar-refractivity contribution < 1.29 is 14.5 Å². The van der Waals surface area contributed by atoms with E-state index in [9.17, 15) is 19.7 Å². The Balaban J connectivity index is 1.34. The molecule has 4 rings (SSSR count). The number of nitrogen functional groups attached to an aromatic ring is 1. The third kappa shape index (κ3) is 5.78. The summed E-state index contributed by atoms with van der Waals surface area (Å²) < 4.78 is 1.27. The molecular weight excluding hydrogens is 472 g/mol. The fraction of sp³-hybridized carbons (Fsp3) is 0.0455. The van der Waals surface area contributed by atoms with E-state index in [1.165, 1.54) is 35.1 Å². The molecule has 13 heteroatoms. The van der Waals surface area contributed by atoms with E-state index < -0.39 is 4.92 Å². The van der Waals surface area contributed by atoms with Crippen molar-refractivity contribution >= 4 is 40.6 Å². The Hall–Kier alpha value is -4.78. The number of aromatic nitrogens is 4. The summed E-state index contributed by atoms with van der Waals surface area (Å²) in [5.74, 6) is 5.89. The Bertz CT molecular complexity index is 1360. The minimum absolute atomic E-state index is 0.00559. The predicted octanol–water partition coefficient (Wildman–Crippen LogP) is 2.95. The van der Waals surface area contributed by atoms with Crippen LogP contribution in [-0.4, -0.2) is 42.3 Å². The predicted molar refractivity (Wildman–Crippen MR) is 130 cm³/mol. The third-order valence-electron chi connectivity index (χ3n) is 4.68. The van der Waals surface area contributed by atoms with Crippen LogP contribution < -0.4 is 16.5 Å². The molecule has 0 bridgehead atoms. The Kier molecular flexibility index (Phi) is 6.97. The maximum atomic E-state index is 12.3. The van der Waals surface area contributed by atoms with E-state index in [0.717, 1.165) is 11.8 Å². The van der Waals surface area contributed by atoms with Gasteiger partial charge in [0, 0.05) is 41.5 Å². The Morgan fingerprint density at radius 2 is 1.69 bits per heavy atom. The zero-order chi connectivity index (χ0) is 24.8. The topological polar surface area (TPSA) is 171 Å². The van der Waals surface area contributed by atoms with Crippen LogP contribution in [0.15, 0.2) is 78.2 Å². The smallest absolute Gasteiger partial charge is 0.269 e. The van der Waals surface area contributed by atoms with Crippen LogP contribution in [0.3, 0.4) is 0 Å². The summed E-state index contributed by atoms with van der Waals surface area (Å²) in [7, 11) is 0. The lowest BCUT2D eigenvalue weighted by atomic mass is 10.2. The number of hydrogen-bond donors (Lipinski definition) is 3. The summed E-state index contributed by atoms with van der Waals surface area (Å²) in [6.07, 6.45) is 3.07. The fourth-order valence-corrected chi connectivity index (χ4v) is 3.63. The Morgan fingerprint density at radius 1 is 1.00 bits per heavy atom. The third-order valence-corrected chi connectivity index (χ3v) is 5.63. The van der Waals surface area contributed by atoms with E-state index in [0.29, 0.717) is 33.5 Å². The van der Waals surface area contributed by atoms with Crippen LogP contribution in [-0.2, 0) is 4.79 Å². The monoisotopic (exact) mass is 490 g/mol. The molecule has 0 atom stereocenters. The summed E-state index contributed by atoms with van der Waals surface area (Å²) in [6.45, 7) is 0. The van der Waals surface area contributed by atoms with Crippen molar-refractivity contribution in [1.29, 1.82) is 0 Å². The van der Waals surface area contributed by atoms with Crippen molar-refractivity contribution in [3.8, 4) is 11.4 Å². The number of nitro groups is 1. The summed E-state index contributed by atoms with van der Waals surface area (Å²) in [6, 6.07) is 15.8. The van der Waals surface area contributed by atoms with Gasteiger partial charge in [-0.25, -0.2) is 4.68 Å². The first-order valence-electron chi connectivity index (χ1n) is 10.1. The second-order valence-corrected chi connectivity index (χ2v) is 8.03. The van der Waals surface area contributed by atoms with Crippen LogP contribution >= 0.6 is 11.8 Å². The average Bonchev–Trinajstić information content (AvgIpc) is 3.24. The summed E-state index contributed by atoms with van der Waals surface area (Å²) in [5.41, 5.74) is 2.07. The molecule has 0 aliphatic rings. The number of benzene rings is 2. The Labute approximate surface area is 202 Å². The molecule has 2 aromatic carbocycles. The fourth-order valence-electron chi connectivity index (χ4n) is 2.97. The van der Waals surface area contributed by atoms with Gasteiger partial charge in [0.25, 0.3) is 11.6 Å². The zero-order valence-corrected chi connectivity index (χ0v) is 18.8. The second kappa shape index (κ2) is 10.4. The molecule has 0 fully saturated rings. The van der Waals surface area contributed by atoms with Crippen molar-refractivity contribution in [3.05, 3.63) is 88.7 Å². The van der Waals surface area contributed by atoms with Gasteiger partial charge in [0.2, 0.25) is 11.1 Å². The van der Waals surface area contributed by atoms with E-state index in [-0.39, 0.29) is 23.3 Å². The van der Waals surface area contributed by atoms with Crippen molar-refractivity contribution in [2.24, 2.45) is 0 Å². The second-order valence-electron chi connectivity index (χ2n) is 7.09. The number of anilines is 2. The number of nitrogens with zero attached hydrogens (tertiary/aromatic N) is 5. The van der Waals surface area contributed by atoms with Crippen molar-refractivity contribution in [2.45, 2.75) is 5.16 Å². The van der Waals surface area contributed by atoms with Crippen molar-refractivity contribution in [3.63, 3.8) is 0 Å². The molecule has 2 aromatic heterocycles. The number of non-ortho nitro benzene ring substituents is 1. The van der Waals surface area contributed by atoms with Gasteiger partial charge in [-0.2, -0.15) is 0 Å². The van der Waals surface area contributed by atoms with Gasteiger partial charge in [0.15, 0.2) is 5.82 Å². The van der Waals surface area contributed by atoms with Gasteiger partial charge in [-0.15, -0.1) is 10.2 Å². The molecule has 0 aliphatic carbocycles. The maximum absolute atomic E-state index is 12.3. The van der Waals surface area contributed by atoms with E-state index in [4.69, 9.17) is 5.84 Å². The first-order chi connectivity index (χ1) is 16.9. The summed E-state index contributed by atoms with van der Waals surface area (Å²) >= 11 is 1.09. The molecule has 0 saturated carbocycles. The number of hydrogen-bond acceptors (Lipinski definition) is 9. The molecule has 4 aromatic rings. The molecule has 12 nitrogen and oxygen atoms in total. The van der Waals surface area contributed by atoms with Crippen LogP contribution in [0.2, 0.25) is 0 Å². The Morgan fingerprint density at radius 3 is 2.34 bits per heavy atom. The number of nitrogens with two attached hydrogens (primary N) is 1. The minimum Gasteiger partial charge on any atom is -0.335 e. The average molecular weight is 491 g/mol. The van der Waals surface area contributed by atoms with E-state index >= 15 is 0 Å². The van der Waals surface area contributed by atoms with Crippen molar-refractivity contribution in [1.82, 2.24) is 19.9 Å². The highest BCUT2D eigenvalue weighted by Crippen LogP contribution is 2.23. The molecule has 35 heavy (non-hydrogen) atoms. The van der Waals surface area contributed by atoms with Gasteiger partial charge in [0.1, 0.15) is 0 Å². The molecule has 4 N–H and O–H groups in total. The van der Waals surface area contributed by atoms with E-state index in [1.807, 2.05) is 0 Å². The largest absolute Gasteiger partial charge is 0.335 e. The van der Waals surface area contributed by atoms with Crippen molar-refractivity contribution in [2.75, 3.05) is 22.2 Å². The number of pyridine rings is 1. The normalized spacial score (nSPS) is 10.5. The minimum atomic E-state index is -0.515. The van der Waals surface area contributed by atoms with Gasteiger partial charge >= 0.3 is 0 Å². The lowest BCUT2D eigenvalue weighted by molar-refractivity contribution is -0.384. The number of nitrogens with one attached hydrogen (secondary N) is 2. The van der Waals surface area contributed by atoms with Gasteiger partial charge in [-0.3, -0.25) is 24.7 Å². The number of carbonyl (C=O) groups excluding carboxylic acids is 2. The number of thioether (sulfide) groups is 1. The number of amides is 2. The lowest BCUT2D eigenvalue weighted by Gasteiger charge is -2.07. The first kappa shape index (κ1) is 23.4. The van der Waals surface area contributed by atoms with Crippen LogP contribution in [0.25, 0.3) is 11.4 Å². The molecule has 2 heterocycles. The first-order valence-corrected chi connectivity index (χ1v) is 11.1. The summed E-state index contributed by atoms with van der Waals surface area (Å²) in [5, 5.41) is 24.6. The number of nitro benzene ring substituents is 1. The van der Waals surface area contributed by atoms with Crippen LogP contribution in [0.1, 0.15) is 10.4 Å². The maximum Gasteiger partial charge on any atom is 0.269 e. The lowest BCUT2D eigenvalue weighted by Crippen LogP contribution is -2.16. The molecule has 2 amide bonds. The highest BCUT2D eigenvalue weighted by Gasteiger charge is 2.15. The van der Waals surface area contributed by atoms with E-state index in [1.54, 1.807) is 42.6 Å². The quantitative estimate of drug-likeness (QED) is 0.145.